The van der Waals surface area contributed by atoms with Crippen molar-refractivity contribution >= 4 is 33.5 Å². The van der Waals surface area contributed by atoms with Gasteiger partial charge in [0.1, 0.15) is 5.69 Å². The SMILES string of the molecule is Cn1cc(CNC(=O)Nc2nsc3ccccc23)nn1. The van der Waals surface area contributed by atoms with E-state index in [9.17, 15) is 4.79 Å². The number of urea groups is 1. The van der Waals surface area contributed by atoms with Crippen LogP contribution in [-0.2, 0) is 13.6 Å². The van der Waals surface area contributed by atoms with E-state index >= 15 is 0 Å². The molecule has 7 nitrogen and oxygen atoms in total. The molecule has 102 valence electrons. The summed E-state index contributed by atoms with van der Waals surface area (Å²) in [5.41, 5.74) is 0.700. The van der Waals surface area contributed by atoms with E-state index in [1.807, 2.05) is 24.3 Å². The van der Waals surface area contributed by atoms with Gasteiger partial charge in [-0.2, -0.15) is 4.37 Å². The summed E-state index contributed by atoms with van der Waals surface area (Å²) in [6, 6.07) is 7.44. The van der Waals surface area contributed by atoms with Gasteiger partial charge in [0.25, 0.3) is 0 Å². The van der Waals surface area contributed by atoms with Crippen LogP contribution in [0.5, 0.6) is 0 Å². The molecule has 0 radical (unpaired) electrons. The predicted octanol–water partition coefficient (Wildman–Crippen LogP) is 1.75. The smallest absolute Gasteiger partial charge is 0.320 e. The van der Waals surface area contributed by atoms with Crippen LogP contribution in [0.25, 0.3) is 10.1 Å². The minimum Gasteiger partial charge on any atom is -0.332 e. The third-order valence-corrected chi connectivity index (χ3v) is 3.52. The largest absolute Gasteiger partial charge is 0.332 e. The van der Waals surface area contributed by atoms with E-state index < -0.39 is 0 Å². The molecule has 0 unspecified atom stereocenters. The molecule has 0 aliphatic heterocycles. The number of aromatic nitrogens is 4. The van der Waals surface area contributed by atoms with Gasteiger partial charge in [0.05, 0.1) is 11.2 Å². The summed E-state index contributed by atoms with van der Waals surface area (Å²) in [7, 11) is 1.78. The monoisotopic (exact) mass is 288 g/mol. The van der Waals surface area contributed by atoms with Gasteiger partial charge in [0.2, 0.25) is 0 Å². The van der Waals surface area contributed by atoms with E-state index in [1.165, 1.54) is 11.5 Å². The molecule has 2 heterocycles. The van der Waals surface area contributed by atoms with Crippen LogP contribution in [0.3, 0.4) is 0 Å². The third kappa shape index (κ3) is 2.59. The van der Waals surface area contributed by atoms with Crippen LogP contribution < -0.4 is 10.6 Å². The fraction of sp³-hybridized carbons (Fsp3) is 0.167. The Morgan fingerprint density at radius 1 is 1.40 bits per heavy atom. The van der Waals surface area contributed by atoms with Crippen molar-refractivity contribution < 1.29 is 4.79 Å². The second kappa shape index (κ2) is 5.25. The van der Waals surface area contributed by atoms with E-state index in [-0.39, 0.29) is 6.03 Å². The molecule has 0 atom stereocenters. The Kier molecular flexibility index (Phi) is 3.30. The number of rotatable bonds is 3. The zero-order valence-electron chi connectivity index (χ0n) is 10.7. The van der Waals surface area contributed by atoms with Crippen molar-refractivity contribution in [2.75, 3.05) is 5.32 Å². The minimum atomic E-state index is -0.313. The van der Waals surface area contributed by atoms with E-state index in [1.54, 1.807) is 17.9 Å². The average Bonchev–Trinajstić information content (AvgIpc) is 3.04. The van der Waals surface area contributed by atoms with Crippen molar-refractivity contribution in [1.29, 1.82) is 0 Å². The first kappa shape index (κ1) is 12.5. The zero-order valence-corrected chi connectivity index (χ0v) is 11.5. The highest BCUT2D eigenvalue weighted by Gasteiger charge is 2.09. The maximum absolute atomic E-state index is 11.8. The number of aryl methyl sites for hydroxylation is 1. The number of fused-ring (bicyclic) bond motifs is 1. The molecule has 0 saturated heterocycles. The Balaban J connectivity index is 1.64. The molecule has 0 aliphatic carbocycles. The maximum Gasteiger partial charge on any atom is 0.320 e. The fourth-order valence-corrected chi connectivity index (χ4v) is 2.51. The molecular weight excluding hydrogens is 276 g/mol. The molecule has 2 aromatic heterocycles. The fourth-order valence-electron chi connectivity index (χ4n) is 1.77. The van der Waals surface area contributed by atoms with Crippen LogP contribution in [0.2, 0.25) is 0 Å². The highest BCUT2D eigenvalue weighted by Crippen LogP contribution is 2.25. The minimum absolute atomic E-state index is 0.313. The van der Waals surface area contributed by atoms with E-state index in [2.05, 4.69) is 25.3 Å². The molecule has 20 heavy (non-hydrogen) atoms. The average molecular weight is 288 g/mol. The van der Waals surface area contributed by atoms with Crippen LogP contribution in [0, 0.1) is 0 Å². The van der Waals surface area contributed by atoms with Crippen molar-refractivity contribution in [3.63, 3.8) is 0 Å². The number of carbonyl (C=O) groups is 1. The van der Waals surface area contributed by atoms with Gasteiger partial charge >= 0.3 is 6.03 Å². The molecule has 0 fully saturated rings. The summed E-state index contributed by atoms with van der Waals surface area (Å²) in [6.07, 6.45) is 1.75. The quantitative estimate of drug-likeness (QED) is 0.769. The van der Waals surface area contributed by atoms with Gasteiger partial charge in [0, 0.05) is 18.6 Å². The first-order chi connectivity index (χ1) is 9.72. The van der Waals surface area contributed by atoms with E-state index in [4.69, 9.17) is 0 Å². The van der Waals surface area contributed by atoms with Gasteiger partial charge < -0.3 is 5.32 Å². The molecule has 0 aliphatic rings. The van der Waals surface area contributed by atoms with Crippen molar-refractivity contribution in [2.24, 2.45) is 7.05 Å². The van der Waals surface area contributed by atoms with Crippen LogP contribution in [0.15, 0.2) is 30.5 Å². The summed E-state index contributed by atoms with van der Waals surface area (Å²) in [4.78, 5) is 11.8. The van der Waals surface area contributed by atoms with Gasteiger partial charge in [-0.05, 0) is 23.7 Å². The van der Waals surface area contributed by atoms with Crippen LogP contribution in [-0.4, -0.2) is 25.4 Å². The van der Waals surface area contributed by atoms with Crippen molar-refractivity contribution in [1.82, 2.24) is 24.7 Å². The Bertz CT molecular complexity index is 749. The second-order valence-corrected chi connectivity index (χ2v) is 5.02. The number of anilines is 1. The van der Waals surface area contributed by atoms with Crippen LogP contribution in [0.4, 0.5) is 10.6 Å². The van der Waals surface area contributed by atoms with Crippen molar-refractivity contribution in [3.05, 3.63) is 36.2 Å². The Hall–Kier alpha value is -2.48. The van der Waals surface area contributed by atoms with Gasteiger partial charge in [-0.3, -0.25) is 10.00 Å². The number of amides is 2. The van der Waals surface area contributed by atoms with Crippen LogP contribution >= 0.6 is 11.5 Å². The molecule has 2 N–H and O–H groups in total. The normalized spacial score (nSPS) is 10.7. The number of benzene rings is 1. The topological polar surface area (TPSA) is 84.7 Å². The maximum atomic E-state index is 11.8. The summed E-state index contributed by atoms with van der Waals surface area (Å²) >= 11 is 1.36. The number of nitrogens with one attached hydrogen (secondary N) is 2. The third-order valence-electron chi connectivity index (χ3n) is 2.69. The van der Waals surface area contributed by atoms with Crippen molar-refractivity contribution in [2.45, 2.75) is 6.54 Å². The van der Waals surface area contributed by atoms with Crippen LogP contribution in [0.1, 0.15) is 5.69 Å². The Morgan fingerprint density at radius 2 is 2.25 bits per heavy atom. The summed E-state index contributed by atoms with van der Waals surface area (Å²) in [5, 5.41) is 14.1. The molecule has 2 amide bonds. The molecule has 0 spiro atoms. The lowest BCUT2D eigenvalue weighted by Crippen LogP contribution is -2.28. The zero-order chi connectivity index (χ0) is 13.9. The van der Waals surface area contributed by atoms with E-state index in [0.717, 1.165) is 10.1 Å². The molecule has 8 heteroatoms. The van der Waals surface area contributed by atoms with Gasteiger partial charge in [-0.1, -0.05) is 17.3 Å². The lowest BCUT2D eigenvalue weighted by molar-refractivity contribution is 0.251. The second-order valence-electron chi connectivity index (χ2n) is 4.22. The molecular formula is C12H12N6OS. The Labute approximate surface area is 118 Å². The molecule has 0 saturated carbocycles. The molecule has 0 bridgehead atoms. The summed E-state index contributed by atoms with van der Waals surface area (Å²) < 4.78 is 6.86. The first-order valence-corrected chi connectivity index (χ1v) is 6.74. The molecule has 3 aromatic rings. The highest BCUT2D eigenvalue weighted by molar-refractivity contribution is 7.13. The standard InChI is InChI=1S/C12H12N6OS/c1-18-7-8(15-17-18)6-13-12(19)14-11-9-4-2-3-5-10(9)20-16-11/h2-5,7H,6H2,1H3,(H2,13,14,16,19). The summed E-state index contributed by atoms with van der Waals surface area (Å²) in [5.74, 6) is 0.572. The molecule has 3 rings (SSSR count). The highest BCUT2D eigenvalue weighted by atomic mass is 32.1. The first-order valence-electron chi connectivity index (χ1n) is 5.97. The number of hydrogen-bond donors (Lipinski definition) is 2. The number of hydrogen-bond acceptors (Lipinski definition) is 5. The summed E-state index contributed by atoms with van der Waals surface area (Å²) in [6.45, 7) is 0.321. The van der Waals surface area contributed by atoms with E-state index in [0.29, 0.717) is 18.1 Å². The Morgan fingerprint density at radius 3 is 3.05 bits per heavy atom. The molecule has 1 aromatic carbocycles. The lowest BCUT2D eigenvalue weighted by atomic mass is 10.3. The number of carbonyl (C=O) groups excluding carboxylic acids is 1. The number of nitrogens with zero attached hydrogens (tertiary/aromatic N) is 4. The van der Waals surface area contributed by atoms with Gasteiger partial charge in [-0.25, -0.2) is 4.79 Å². The van der Waals surface area contributed by atoms with Crippen molar-refractivity contribution in [3.8, 4) is 0 Å². The van der Waals surface area contributed by atoms with Gasteiger partial charge in [0.15, 0.2) is 5.82 Å². The lowest BCUT2D eigenvalue weighted by Gasteiger charge is -2.03. The van der Waals surface area contributed by atoms with Gasteiger partial charge in [-0.15, -0.1) is 5.10 Å². The predicted molar refractivity (Wildman–Crippen MR) is 76.5 cm³/mol.